The lowest BCUT2D eigenvalue weighted by Crippen LogP contribution is -2.16. The highest BCUT2D eigenvalue weighted by Crippen LogP contribution is 2.36. The van der Waals surface area contributed by atoms with Gasteiger partial charge in [-0.25, -0.2) is 0 Å². The van der Waals surface area contributed by atoms with Crippen LogP contribution >= 0.6 is 11.6 Å². The van der Waals surface area contributed by atoms with Gasteiger partial charge in [0.05, 0.1) is 29.2 Å². The van der Waals surface area contributed by atoms with E-state index < -0.39 is 12.6 Å². The molecule has 5 nitrogen and oxygen atoms in total. The number of halogens is 4. The Morgan fingerprint density at radius 1 is 1.24 bits per heavy atom. The molecule has 0 bridgehead atoms. The van der Waals surface area contributed by atoms with Crippen LogP contribution in [0, 0.1) is 0 Å². The molecule has 0 aliphatic heterocycles. The van der Waals surface area contributed by atoms with E-state index in [1.165, 1.54) is 23.0 Å². The number of benzene rings is 1. The molecule has 0 unspecified atom stereocenters. The number of aromatic hydroxyl groups is 1. The molecule has 2 aromatic rings. The number of nitrogens with zero attached hydrogens (tertiary/aromatic N) is 2. The second-order valence-electron chi connectivity index (χ2n) is 6.81. The zero-order chi connectivity index (χ0) is 21.0. The maximum atomic E-state index is 12.6. The van der Waals surface area contributed by atoms with Gasteiger partial charge < -0.3 is 9.84 Å². The van der Waals surface area contributed by atoms with Gasteiger partial charge in [-0.3, -0.25) is 9.48 Å². The first-order valence-electron chi connectivity index (χ1n) is 9.19. The average molecular weight is 429 g/mol. The van der Waals surface area contributed by atoms with Gasteiger partial charge in [0.1, 0.15) is 18.1 Å². The maximum Gasteiger partial charge on any atom is 0.390 e. The highest BCUT2D eigenvalue weighted by Gasteiger charge is 2.28. The molecule has 29 heavy (non-hydrogen) atoms. The number of rotatable bonds is 7. The Morgan fingerprint density at radius 2 is 2.00 bits per heavy atom. The maximum absolute atomic E-state index is 12.6. The van der Waals surface area contributed by atoms with E-state index in [0.29, 0.717) is 18.4 Å². The number of hydrogen-bond acceptors (Lipinski definition) is 4. The van der Waals surface area contributed by atoms with Crippen molar-refractivity contribution in [2.75, 3.05) is 6.61 Å². The van der Waals surface area contributed by atoms with Gasteiger partial charge in [0.15, 0.2) is 6.29 Å². The van der Waals surface area contributed by atoms with E-state index in [9.17, 15) is 23.1 Å². The zero-order valence-corrected chi connectivity index (χ0v) is 16.3. The first kappa shape index (κ1) is 21.2. The van der Waals surface area contributed by atoms with E-state index in [2.05, 4.69) is 5.10 Å². The van der Waals surface area contributed by atoms with Crippen molar-refractivity contribution in [3.63, 3.8) is 0 Å². The Kier molecular flexibility index (Phi) is 6.52. The molecule has 0 atom stereocenters. The molecule has 0 fully saturated rings. The largest absolute Gasteiger partial charge is 0.505 e. The van der Waals surface area contributed by atoms with Gasteiger partial charge in [0.25, 0.3) is 0 Å². The van der Waals surface area contributed by atoms with E-state index in [1.54, 1.807) is 6.07 Å². The molecule has 1 aliphatic carbocycles. The summed E-state index contributed by atoms with van der Waals surface area (Å²) in [6.07, 6.45) is 0.0619. The second-order valence-corrected chi connectivity index (χ2v) is 7.22. The number of aryl methyl sites for hydroxylation is 1. The fourth-order valence-corrected chi connectivity index (χ4v) is 3.57. The fraction of sp³-hybridized carbons (Fsp3) is 0.400. The third-order valence-electron chi connectivity index (χ3n) is 4.86. The molecule has 0 radical (unpaired) electrons. The lowest BCUT2D eigenvalue weighted by molar-refractivity contribution is -0.137. The van der Waals surface area contributed by atoms with Gasteiger partial charge in [-0.05, 0) is 55.0 Å². The second kappa shape index (κ2) is 8.90. The molecule has 1 aromatic heterocycles. The smallest absolute Gasteiger partial charge is 0.390 e. The third kappa shape index (κ3) is 5.12. The van der Waals surface area contributed by atoms with Crippen LogP contribution < -0.4 is 4.74 Å². The molecular weight excluding hydrogens is 409 g/mol. The Bertz CT molecular complexity index is 922. The summed E-state index contributed by atoms with van der Waals surface area (Å²) in [5.41, 5.74) is 2.48. The number of ether oxygens (including phenoxy) is 1. The van der Waals surface area contributed by atoms with Crippen molar-refractivity contribution in [2.45, 2.75) is 44.8 Å². The normalized spacial score (nSPS) is 14.9. The molecule has 9 heteroatoms. The molecule has 0 saturated heterocycles. The molecule has 156 valence electrons. The SMILES string of the molecule is O=Cc1c(OCC2=C(c3ccnn3CCC(F)(F)F)CCCC2)ccc(Cl)c1O. The number of phenolic OH excluding ortho intramolecular Hbond substituents is 1. The van der Waals surface area contributed by atoms with Crippen LogP contribution in [0.25, 0.3) is 5.57 Å². The number of hydrogen-bond donors (Lipinski definition) is 1. The minimum atomic E-state index is -4.25. The number of carbonyl (C=O) groups is 1. The molecule has 0 amide bonds. The lowest BCUT2D eigenvalue weighted by atomic mass is 9.90. The van der Waals surface area contributed by atoms with Crippen LogP contribution in [0.5, 0.6) is 11.5 Å². The number of alkyl halides is 3. The van der Waals surface area contributed by atoms with Crippen LogP contribution in [0.3, 0.4) is 0 Å². The predicted octanol–water partition coefficient (Wildman–Crippen LogP) is 5.41. The summed E-state index contributed by atoms with van der Waals surface area (Å²) in [6, 6.07) is 4.64. The van der Waals surface area contributed by atoms with Crippen LogP contribution in [0.1, 0.15) is 48.2 Å². The van der Waals surface area contributed by atoms with Crippen molar-refractivity contribution >= 4 is 23.5 Å². The molecule has 0 saturated carbocycles. The van der Waals surface area contributed by atoms with Crippen LogP contribution in [-0.4, -0.2) is 34.0 Å². The highest BCUT2D eigenvalue weighted by atomic mass is 35.5. The van der Waals surface area contributed by atoms with Gasteiger partial charge in [-0.2, -0.15) is 18.3 Å². The van der Waals surface area contributed by atoms with Gasteiger partial charge in [0, 0.05) is 6.20 Å². The minimum absolute atomic E-state index is 0.0364. The standard InChI is InChI=1S/C20H20ClF3N2O3/c21-16-5-6-18(15(11-27)19(16)28)29-12-13-3-1-2-4-14(13)17-7-9-25-26(17)10-8-20(22,23)24/h5-7,9,11,28H,1-4,8,10,12H2. The quantitative estimate of drug-likeness (QED) is 0.598. The highest BCUT2D eigenvalue weighted by molar-refractivity contribution is 6.32. The monoisotopic (exact) mass is 428 g/mol. The Hall–Kier alpha value is -2.48. The zero-order valence-electron chi connectivity index (χ0n) is 15.5. The van der Waals surface area contributed by atoms with E-state index in [4.69, 9.17) is 16.3 Å². The fourth-order valence-electron chi connectivity index (χ4n) is 3.40. The Labute approximate surface area is 170 Å². The summed E-state index contributed by atoms with van der Waals surface area (Å²) in [6.45, 7) is -0.0918. The minimum Gasteiger partial charge on any atom is -0.505 e. The van der Waals surface area contributed by atoms with Crippen molar-refractivity contribution in [2.24, 2.45) is 0 Å². The number of aromatic nitrogens is 2. The summed E-state index contributed by atoms with van der Waals surface area (Å²) >= 11 is 5.82. The molecule has 3 rings (SSSR count). The van der Waals surface area contributed by atoms with Gasteiger partial charge in [0.2, 0.25) is 0 Å². The van der Waals surface area contributed by atoms with Crippen molar-refractivity contribution in [1.82, 2.24) is 9.78 Å². The molecular formula is C20H20ClF3N2O3. The molecule has 1 N–H and O–H groups in total. The number of phenols is 1. The Balaban J connectivity index is 1.84. The molecule has 0 spiro atoms. The summed E-state index contributed by atoms with van der Waals surface area (Å²) < 4.78 is 45.0. The first-order chi connectivity index (χ1) is 13.8. The topological polar surface area (TPSA) is 64.3 Å². The summed E-state index contributed by atoms with van der Waals surface area (Å²) in [5, 5.41) is 14.0. The first-order valence-corrected chi connectivity index (χ1v) is 9.57. The summed E-state index contributed by atoms with van der Waals surface area (Å²) in [5.74, 6) is -0.146. The lowest BCUT2D eigenvalue weighted by Gasteiger charge is -2.22. The van der Waals surface area contributed by atoms with E-state index in [0.717, 1.165) is 30.4 Å². The third-order valence-corrected chi connectivity index (χ3v) is 5.17. The number of aldehydes is 1. The van der Waals surface area contributed by atoms with Crippen molar-refractivity contribution in [1.29, 1.82) is 0 Å². The van der Waals surface area contributed by atoms with Gasteiger partial charge >= 0.3 is 6.18 Å². The Morgan fingerprint density at radius 3 is 2.72 bits per heavy atom. The number of carbonyl (C=O) groups excluding carboxylic acids is 1. The van der Waals surface area contributed by atoms with Crippen LogP contribution in [0.15, 0.2) is 30.0 Å². The summed E-state index contributed by atoms with van der Waals surface area (Å²) in [4.78, 5) is 11.3. The average Bonchev–Trinajstić information content (AvgIpc) is 3.15. The van der Waals surface area contributed by atoms with Crippen LogP contribution in [0.4, 0.5) is 13.2 Å². The van der Waals surface area contributed by atoms with Crippen molar-refractivity contribution in [3.05, 3.63) is 46.2 Å². The molecule has 1 heterocycles. The van der Waals surface area contributed by atoms with E-state index in [-0.39, 0.29) is 35.2 Å². The van der Waals surface area contributed by atoms with Gasteiger partial charge in [-0.1, -0.05) is 11.6 Å². The van der Waals surface area contributed by atoms with E-state index in [1.807, 2.05) is 0 Å². The van der Waals surface area contributed by atoms with E-state index >= 15 is 0 Å². The number of allylic oxidation sites excluding steroid dienone is 1. The van der Waals surface area contributed by atoms with Crippen molar-refractivity contribution in [3.8, 4) is 11.5 Å². The predicted molar refractivity (Wildman–Crippen MR) is 102 cm³/mol. The van der Waals surface area contributed by atoms with Crippen LogP contribution in [-0.2, 0) is 6.54 Å². The molecule has 1 aromatic carbocycles. The molecule has 1 aliphatic rings. The van der Waals surface area contributed by atoms with Gasteiger partial charge in [-0.15, -0.1) is 0 Å². The van der Waals surface area contributed by atoms with Crippen molar-refractivity contribution < 1.29 is 27.8 Å². The van der Waals surface area contributed by atoms with Crippen LogP contribution in [0.2, 0.25) is 5.02 Å². The summed E-state index contributed by atoms with van der Waals surface area (Å²) in [7, 11) is 0.